The summed E-state index contributed by atoms with van der Waals surface area (Å²) >= 11 is 0. The van der Waals surface area contributed by atoms with Crippen molar-refractivity contribution >= 4 is 33.5 Å². The Kier molecular flexibility index (Phi) is 5.00. The van der Waals surface area contributed by atoms with E-state index in [-0.39, 0.29) is 18.0 Å². The molecule has 2 aromatic carbocycles. The van der Waals surface area contributed by atoms with E-state index in [2.05, 4.69) is 37.5 Å². The molecule has 2 aliphatic rings. The fraction of sp³-hybridized carbons (Fsp3) is 0.375. The fourth-order valence-electron chi connectivity index (χ4n) is 4.88. The second-order valence-electron chi connectivity index (χ2n) is 8.96. The number of fused-ring (bicyclic) bond motifs is 2. The van der Waals surface area contributed by atoms with Gasteiger partial charge in [0.15, 0.2) is 5.82 Å². The van der Waals surface area contributed by atoms with Crippen LogP contribution in [0.15, 0.2) is 36.4 Å². The molecule has 0 radical (unpaired) electrons. The number of nitrogens with two attached hydrogens (primary N) is 1. The predicted molar refractivity (Wildman–Crippen MR) is 127 cm³/mol. The van der Waals surface area contributed by atoms with Crippen LogP contribution in [-0.4, -0.2) is 64.5 Å². The summed E-state index contributed by atoms with van der Waals surface area (Å²) in [7, 11) is 0. The van der Waals surface area contributed by atoms with Crippen molar-refractivity contribution in [3.05, 3.63) is 42.0 Å². The minimum Gasteiger partial charge on any atom is -0.378 e. The summed E-state index contributed by atoms with van der Waals surface area (Å²) in [4.78, 5) is 23.3. The topological polar surface area (TPSA) is 125 Å². The minimum atomic E-state index is -0.0806. The lowest BCUT2D eigenvalue weighted by atomic mass is 10.1. The number of anilines is 1. The largest absolute Gasteiger partial charge is 0.378 e. The number of H-pyrrole nitrogens is 2. The van der Waals surface area contributed by atoms with Gasteiger partial charge in [-0.25, -0.2) is 4.98 Å². The number of rotatable bonds is 4. The van der Waals surface area contributed by atoms with Crippen LogP contribution in [0.3, 0.4) is 0 Å². The van der Waals surface area contributed by atoms with Crippen LogP contribution in [-0.2, 0) is 4.74 Å². The molecule has 4 aromatic rings. The molecule has 2 aromatic heterocycles. The third kappa shape index (κ3) is 3.83. The van der Waals surface area contributed by atoms with E-state index in [9.17, 15) is 4.79 Å². The summed E-state index contributed by atoms with van der Waals surface area (Å²) in [5.41, 5.74) is 11.1. The molecule has 9 heteroatoms. The molecule has 1 saturated carbocycles. The molecule has 33 heavy (non-hydrogen) atoms. The summed E-state index contributed by atoms with van der Waals surface area (Å²) < 4.78 is 5.46. The van der Waals surface area contributed by atoms with Crippen molar-refractivity contribution in [2.24, 2.45) is 5.73 Å². The van der Waals surface area contributed by atoms with Crippen molar-refractivity contribution in [1.82, 2.24) is 25.5 Å². The van der Waals surface area contributed by atoms with Crippen LogP contribution in [0.25, 0.3) is 33.5 Å². The molecule has 1 saturated heterocycles. The number of morpholine rings is 1. The summed E-state index contributed by atoms with van der Waals surface area (Å²) in [5.74, 6) is 0.595. The number of amides is 1. The number of aromatic amines is 2. The van der Waals surface area contributed by atoms with E-state index in [4.69, 9.17) is 15.5 Å². The van der Waals surface area contributed by atoms with E-state index in [0.717, 1.165) is 73.2 Å². The van der Waals surface area contributed by atoms with E-state index in [1.807, 2.05) is 24.3 Å². The van der Waals surface area contributed by atoms with Crippen molar-refractivity contribution in [3.63, 3.8) is 0 Å². The van der Waals surface area contributed by atoms with E-state index < -0.39 is 0 Å². The summed E-state index contributed by atoms with van der Waals surface area (Å²) in [6.45, 7) is 3.26. The zero-order valence-electron chi connectivity index (χ0n) is 18.3. The van der Waals surface area contributed by atoms with Gasteiger partial charge in [-0.15, -0.1) is 0 Å². The molecule has 1 aliphatic heterocycles. The van der Waals surface area contributed by atoms with E-state index in [1.54, 1.807) is 0 Å². The highest BCUT2D eigenvalue weighted by Crippen LogP contribution is 2.29. The number of benzene rings is 2. The van der Waals surface area contributed by atoms with Crippen molar-refractivity contribution < 1.29 is 9.53 Å². The first-order valence-electron chi connectivity index (χ1n) is 11.5. The molecule has 2 fully saturated rings. The van der Waals surface area contributed by atoms with Gasteiger partial charge >= 0.3 is 0 Å². The number of nitrogens with one attached hydrogen (secondary N) is 3. The Balaban J connectivity index is 1.30. The average Bonchev–Trinajstić information content (AvgIpc) is 3.56. The van der Waals surface area contributed by atoms with Crippen LogP contribution in [0, 0.1) is 0 Å². The van der Waals surface area contributed by atoms with Crippen LogP contribution < -0.4 is 16.0 Å². The van der Waals surface area contributed by atoms with E-state index in [1.165, 1.54) is 0 Å². The van der Waals surface area contributed by atoms with Crippen molar-refractivity contribution in [2.75, 3.05) is 31.2 Å². The van der Waals surface area contributed by atoms with Gasteiger partial charge in [0.05, 0.1) is 29.8 Å². The quantitative estimate of drug-likeness (QED) is 0.383. The Morgan fingerprint density at radius 1 is 1.12 bits per heavy atom. The SMILES string of the molecule is N[C@H]1CC[C@H](NC(=O)c2ccc3[nH]nc(-c4nc5ccc(N6CCOCC6)cc5[nH]4)c3c2)C1. The molecular weight excluding hydrogens is 418 g/mol. The first-order valence-corrected chi connectivity index (χ1v) is 11.5. The number of carbonyl (C=O) groups excluding carboxylic acids is 1. The van der Waals surface area contributed by atoms with Gasteiger partial charge in [0.1, 0.15) is 5.69 Å². The third-order valence-electron chi connectivity index (χ3n) is 6.70. The zero-order chi connectivity index (χ0) is 22.4. The third-order valence-corrected chi connectivity index (χ3v) is 6.70. The molecular formula is C24H27N7O2. The summed E-state index contributed by atoms with van der Waals surface area (Å²) in [6, 6.07) is 12.2. The highest BCUT2D eigenvalue weighted by Gasteiger charge is 2.24. The number of carbonyl (C=O) groups is 1. The van der Waals surface area contributed by atoms with Gasteiger partial charge in [-0.2, -0.15) is 5.10 Å². The van der Waals surface area contributed by atoms with Crippen LogP contribution in [0.2, 0.25) is 0 Å². The molecule has 5 N–H and O–H groups in total. The number of hydrogen-bond acceptors (Lipinski definition) is 6. The Morgan fingerprint density at radius 2 is 2.00 bits per heavy atom. The number of nitrogens with zero attached hydrogens (tertiary/aromatic N) is 3. The fourth-order valence-corrected chi connectivity index (χ4v) is 4.88. The lowest BCUT2D eigenvalue weighted by molar-refractivity contribution is 0.0938. The predicted octanol–water partition coefficient (Wildman–Crippen LogP) is 2.55. The molecule has 170 valence electrons. The molecule has 9 nitrogen and oxygen atoms in total. The monoisotopic (exact) mass is 445 g/mol. The lowest BCUT2D eigenvalue weighted by Crippen LogP contribution is -2.36. The molecule has 1 aliphatic carbocycles. The van der Waals surface area contributed by atoms with Gasteiger partial charge in [-0.3, -0.25) is 9.89 Å². The second-order valence-corrected chi connectivity index (χ2v) is 8.96. The van der Waals surface area contributed by atoms with Crippen molar-refractivity contribution in [3.8, 4) is 11.5 Å². The standard InChI is InChI=1S/C24H27N7O2/c25-15-2-3-16(12-15)26-24(32)14-1-5-19-18(11-14)22(30-29-19)23-27-20-6-4-17(13-21(20)28-23)31-7-9-33-10-8-31/h1,4-6,11,13,15-16H,2-3,7-10,12,25H2,(H,26,32)(H,27,28)(H,29,30)/t15-,16-/m0/s1. The zero-order valence-corrected chi connectivity index (χ0v) is 18.3. The smallest absolute Gasteiger partial charge is 0.251 e. The van der Waals surface area contributed by atoms with Crippen LogP contribution in [0.5, 0.6) is 0 Å². The number of ether oxygens (including phenoxy) is 1. The van der Waals surface area contributed by atoms with Gasteiger partial charge in [0, 0.05) is 41.8 Å². The maximum absolute atomic E-state index is 12.8. The maximum atomic E-state index is 12.8. The van der Waals surface area contributed by atoms with Gasteiger partial charge in [0.25, 0.3) is 5.91 Å². The number of imidazole rings is 1. The first kappa shape index (κ1) is 20.2. The Morgan fingerprint density at radius 3 is 2.82 bits per heavy atom. The Hall–Kier alpha value is -3.43. The minimum absolute atomic E-state index is 0.0806. The van der Waals surface area contributed by atoms with Crippen LogP contribution >= 0.6 is 0 Å². The summed E-state index contributed by atoms with van der Waals surface area (Å²) in [6.07, 6.45) is 2.71. The molecule has 0 unspecified atom stereocenters. The first-order chi connectivity index (χ1) is 16.1. The van der Waals surface area contributed by atoms with Gasteiger partial charge in [0.2, 0.25) is 0 Å². The van der Waals surface area contributed by atoms with Gasteiger partial charge < -0.3 is 25.7 Å². The Labute approximate surface area is 190 Å². The highest BCUT2D eigenvalue weighted by atomic mass is 16.5. The van der Waals surface area contributed by atoms with Gasteiger partial charge in [-0.1, -0.05) is 0 Å². The normalized spacial score (nSPS) is 21.2. The molecule has 3 heterocycles. The molecule has 0 spiro atoms. The van der Waals surface area contributed by atoms with E-state index >= 15 is 0 Å². The molecule has 0 bridgehead atoms. The van der Waals surface area contributed by atoms with Crippen LogP contribution in [0.1, 0.15) is 29.6 Å². The molecule has 6 rings (SSSR count). The Bertz CT molecular complexity index is 1320. The average molecular weight is 446 g/mol. The molecule has 1 amide bonds. The number of aromatic nitrogens is 4. The summed E-state index contributed by atoms with van der Waals surface area (Å²) in [5, 5.41) is 11.5. The van der Waals surface area contributed by atoms with Gasteiger partial charge in [-0.05, 0) is 55.7 Å². The van der Waals surface area contributed by atoms with E-state index in [0.29, 0.717) is 17.1 Å². The van der Waals surface area contributed by atoms with Crippen molar-refractivity contribution in [1.29, 1.82) is 0 Å². The second kappa shape index (κ2) is 8.17. The maximum Gasteiger partial charge on any atom is 0.251 e. The van der Waals surface area contributed by atoms with Crippen LogP contribution in [0.4, 0.5) is 5.69 Å². The number of hydrogen-bond donors (Lipinski definition) is 4. The molecule has 2 atom stereocenters. The lowest BCUT2D eigenvalue weighted by Gasteiger charge is -2.28. The highest BCUT2D eigenvalue weighted by molar-refractivity contribution is 6.01. The van der Waals surface area contributed by atoms with Crippen molar-refractivity contribution in [2.45, 2.75) is 31.3 Å².